The van der Waals surface area contributed by atoms with Crippen molar-refractivity contribution in [1.29, 1.82) is 0 Å². The highest BCUT2D eigenvalue weighted by molar-refractivity contribution is 6.01. The van der Waals surface area contributed by atoms with Crippen molar-refractivity contribution in [1.82, 2.24) is 19.8 Å². The summed E-state index contributed by atoms with van der Waals surface area (Å²) in [4.78, 5) is 28.2. The molecule has 3 aliphatic heterocycles. The Bertz CT molecular complexity index is 1720. The van der Waals surface area contributed by atoms with E-state index in [2.05, 4.69) is 21.8 Å². The molecule has 3 aliphatic rings. The number of anilines is 1. The zero-order valence-electron chi connectivity index (χ0n) is 24.6. The van der Waals surface area contributed by atoms with Crippen LogP contribution in [-0.4, -0.2) is 105 Å². The molecule has 3 aromatic carbocycles. The lowest BCUT2D eigenvalue weighted by Gasteiger charge is -2.42. The van der Waals surface area contributed by atoms with E-state index in [9.17, 15) is 20.1 Å². The van der Waals surface area contributed by atoms with E-state index in [0.717, 1.165) is 43.0 Å². The van der Waals surface area contributed by atoms with Gasteiger partial charge in [-0.15, -0.1) is 0 Å². The van der Waals surface area contributed by atoms with Crippen molar-refractivity contribution in [2.45, 2.75) is 49.9 Å². The normalized spacial score (nSPS) is 22.7. The van der Waals surface area contributed by atoms with Gasteiger partial charge in [0.2, 0.25) is 0 Å². The monoisotopic (exact) mass is 601 g/mol. The number of phenolic OH excluding ortho intramolecular Hbond substituents is 1. The minimum Gasteiger partial charge on any atom is -0.508 e. The van der Waals surface area contributed by atoms with Crippen LogP contribution in [-0.2, 0) is 4.79 Å². The smallest absolute Gasteiger partial charge is 0.319 e. The molecule has 4 heterocycles. The van der Waals surface area contributed by atoms with E-state index in [-0.39, 0.29) is 35.4 Å². The van der Waals surface area contributed by atoms with Crippen LogP contribution < -0.4 is 9.64 Å². The van der Waals surface area contributed by atoms with E-state index in [1.165, 1.54) is 0 Å². The van der Waals surface area contributed by atoms with Crippen LogP contribution in [0.25, 0.3) is 32.8 Å². The van der Waals surface area contributed by atoms with Crippen LogP contribution in [0.15, 0.2) is 48.5 Å². The number of phenols is 1. The number of carbonyl (C=O) groups is 1. The summed E-state index contributed by atoms with van der Waals surface area (Å²) in [5, 5.41) is 32.0. The maximum Gasteiger partial charge on any atom is 0.319 e. The molecule has 1 amide bonds. The second-order valence-corrected chi connectivity index (χ2v) is 12.2. The number of hydrogen-bond acceptors (Lipinski definition) is 9. The number of carbonyl (C=O) groups excluding carboxylic acids is 1. The minimum absolute atomic E-state index is 0.0421. The Morgan fingerprint density at radius 3 is 2.55 bits per heavy atom. The van der Waals surface area contributed by atoms with Gasteiger partial charge in [0.15, 0.2) is 11.9 Å². The number of aromatic hydroxyl groups is 1. The molecule has 0 radical (unpaired) electrons. The molecule has 0 saturated carbocycles. The third kappa shape index (κ3) is 4.98. The van der Waals surface area contributed by atoms with Gasteiger partial charge in [-0.2, -0.15) is 9.97 Å². The van der Waals surface area contributed by atoms with Crippen LogP contribution >= 0.6 is 0 Å². The fraction of sp³-hybridized carbons (Fsp3) is 0.424. The minimum atomic E-state index is -1.45. The van der Waals surface area contributed by atoms with Crippen LogP contribution in [0.2, 0.25) is 0 Å². The molecule has 1 aromatic heterocycles. The van der Waals surface area contributed by atoms with Crippen LogP contribution in [0, 0.1) is 5.82 Å². The molecule has 3 saturated heterocycles. The fourth-order valence-electron chi connectivity index (χ4n) is 7.20. The molecular weight excluding hydrogens is 565 g/mol. The molecule has 4 aromatic rings. The number of halogens is 1. The molecular formula is C33H36FN5O5. The zero-order valence-corrected chi connectivity index (χ0v) is 24.6. The number of amides is 1. The van der Waals surface area contributed by atoms with Crippen molar-refractivity contribution in [3.05, 3.63) is 54.3 Å². The van der Waals surface area contributed by atoms with Gasteiger partial charge in [-0.05, 0) is 73.8 Å². The lowest BCUT2D eigenvalue weighted by molar-refractivity contribution is -0.145. The highest BCUT2D eigenvalue weighted by Crippen LogP contribution is 2.40. The predicted molar refractivity (Wildman–Crippen MR) is 164 cm³/mol. The van der Waals surface area contributed by atoms with Gasteiger partial charge in [0, 0.05) is 42.2 Å². The lowest BCUT2D eigenvalue weighted by Crippen LogP contribution is -2.58. The van der Waals surface area contributed by atoms with Crippen molar-refractivity contribution in [2.24, 2.45) is 0 Å². The van der Waals surface area contributed by atoms with Crippen LogP contribution in [0.1, 0.15) is 25.7 Å². The van der Waals surface area contributed by atoms with Crippen LogP contribution in [0.5, 0.6) is 11.8 Å². The Labute approximate surface area is 254 Å². The number of nitrogens with zero attached hydrogens (tertiary/aromatic N) is 5. The first kappa shape index (κ1) is 28.7. The van der Waals surface area contributed by atoms with Crippen LogP contribution in [0.3, 0.4) is 0 Å². The average Bonchev–Trinajstić information content (AvgIpc) is 3.56. The van der Waals surface area contributed by atoms with Gasteiger partial charge in [-0.25, -0.2) is 4.39 Å². The summed E-state index contributed by atoms with van der Waals surface area (Å²) in [6.07, 6.45) is 2.16. The van der Waals surface area contributed by atoms with Crippen molar-refractivity contribution in [3.63, 3.8) is 0 Å². The Morgan fingerprint density at radius 2 is 1.82 bits per heavy atom. The van der Waals surface area contributed by atoms with Crippen molar-refractivity contribution >= 4 is 33.4 Å². The molecule has 7 rings (SSSR count). The largest absolute Gasteiger partial charge is 0.508 e. The Hall–Kier alpha value is -4.06. The number of aromatic nitrogens is 2. The summed E-state index contributed by atoms with van der Waals surface area (Å²) in [5.74, 6) is -0.429. The van der Waals surface area contributed by atoms with Gasteiger partial charge in [0.1, 0.15) is 23.7 Å². The van der Waals surface area contributed by atoms with E-state index < -0.39 is 24.4 Å². The zero-order chi connectivity index (χ0) is 30.5. The number of benzene rings is 3. The number of likely N-dealkylation sites (tertiary alicyclic amines) is 1. The lowest BCUT2D eigenvalue weighted by atomic mass is 9.96. The Kier molecular flexibility index (Phi) is 7.47. The predicted octanol–water partition coefficient (Wildman–Crippen LogP) is 3.30. The standard InChI is InChI=1S/C33H36FN5O5/c1-37-12-4-6-22(37)18-44-33-35-30-26(11-10-25(29(30)34)27-14-23(41)13-19-5-2-3-7-24(19)27)31(36-33)38-15-20-8-9-21(16-38)39(20)32(43)28(42)17-40/h2-3,5,7,10-11,13-14,20-22,28,40-42H,4,6,8-9,12,15-18H2,1H3/t20?,21?,22-,28?/m0/s1. The van der Waals surface area contributed by atoms with E-state index in [4.69, 9.17) is 9.72 Å². The Balaban J connectivity index is 1.31. The molecule has 0 aliphatic carbocycles. The molecule has 230 valence electrons. The van der Waals surface area contributed by atoms with Crippen LogP contribution in [0.4, 0.5) is 10.2 Å². The molecule has 3 N–H and O–H groups in total. The van der Waals surface area contributed by atoms with Gasteiger partial charge in [0.25, 0.3) is 5.91 Å². The molecule has 3 fully saturated rings. The summed E-state index contributed by atoms with van der Waals surface area (Å²) in [6, 6.07) is 14.2. The third-order valence-corrected chi connectivity index (χ3v) is 9.47. The first-order valence-corrected chi connectivity index (χ1v) is 15.2. The number of aliphatic hydroxyl groups is 2. The van der Waals surface area contributed by atoms with Gasteiger partial charge >= 0.3 is 6.01 Å². The van der Waals surface area contributed by atoms with E-state index in [0.29, 0.717) is 42.0 Å². The molecule has 10 nitrogen and oxygen atoms in total. The molecule has 4 atom stereocenters. The first-order valence-electron chi connectivity index (χ1n) is 15.2. The van der Waals surface area contributed by atoms with Gasteiger partial charge in [-0.1, -0.05) is 30.3 Å². The molecule has 0 spiro atoms. The van der Waals surface area contributed by atoms with Crippen molar-refractivity contribution < 1.29 is 29.2 Å². The van der Waals surface area contributed by atoms with E-state index >= 15 is 4.39 Å². The average molecular weight is 602 g/mol. The molecule has 2 bridgehead atoms. The van der Waals surface area contributed by atoms with Gasteiger partial charge in [0.05, 0.1) is 6.61 Å². The summed E-state index contributed by atoms with van der Waals surface area (Å²) in [7, 11) is 2.06. The Morgan fingerprint density at radius 1 is 1.05 bits per heavy atom. The van der Waals surface area contributed by atoms with Crippen molar-refractivity contribution in [3.8, 4) is 22.9 Å². The third-order valence-electron chi connectivity index (χ3n) is 9.47. The number of hydrogen-bond donors (Lipinski definition) is 3. The summed E-state index contributed by atoms with van der Waals surface area (Å²) < 4.78 is 22.8. The second kappa shape index (κ2) is 11.5. The molecule has 11 heteroatoms. The number of rotatable bonds is 7. The fourth-order valence-corrected chi connectivity index (χ4v) is 7.20. The van der Waals surface area contributed by atoms with Crippen molar-refractivity contribution in [2.75, 3.05) is 44.8 Å². The summed E-state index contributed by atoms with van der Waals surface area (Å²) >= 11 is 0. The summed E-state index contributed by atoms with van der Waals surface area (Å²) in [6.45, 7) is 1.63. The molecule has 44 heavy (non-hydrogen) atoms. The van der Waals surface area contributed by atoms with Gasteiger partial charge < -0.3 is 34.8 Å². The second-order valence-electron chi connectivity index (χ2n) is 12.2. The number of aliphatic hydroxyl groups excluding tert-OH is 2. The number of fused-ring (bicyclic) bond motifs is 4. The quantitative estimate of drug-likeness (QED) is 0.293. The number of piperazine rings is 1. The topological polar surface area (TPSA) is 122 Å². The number of ether oxygens (including phenoxy) is 1. The maximum absolute atomic E-state index is 16.6. The highest BCUT2D eigenvalue weighted by atomic mass is 19.1. The van der Waals surface area contributed by atoms with Gasteiger partial charge in [-0.3, -0.25) is 4.79 Å². The number of likely N-dealkylation sites (N-methyl/N-ethyl adjacent to an activating group) is 1. The summed E-state index contributed by atoms with van der Waals surface area (Å²) in [5.41, 5.74) is 0.989. The van der Waals surface area contributed by atoms with E-state index in [1.807, 2.05) is 30.3 Å². The first-order chi connectivity index (χ1) is 21.3. The highest BCUT2D eigenvalue weighted by Gasteiger charge is 2.44. The maximum atomic E-state index is 16.6. The SMILES string of the molecule is CN1CCC[C@H]1COc1nc(N2CC3CCC(C2)N3C(=O)C(O)CO)c2ccc(-c3cc(O)cc4ccccc34)c(F)c2n1. The van der Waals surface area contributed by atoms with E-state index in [1.54, 1.807) is 23.1 Å². The molecule has 3 unspecified atom stereocenters.